The van der Waals surface area contributed by atoms with Crippen molar-refractivity contribution in [3.05, 3.63) is 0 Å². The van der Waals surface area contributed by atoms with Crippen LogP contribution in [0.3, 0.4) is 0 Å². The van der Waals surface area contributed by atoms with E-state index >= 15 is 0 Å². The first kappa shape index (κ1) is 14.6. The molecule has 13 heavy (non-hydrogen) atoms. The Labute approximate surface area is 96.9 Å². The highest BCUT2D eigenvalue weighted by atomic mass is 35.5. The molecule has 0 atom stereocenters. The Bertz CT molecular complexity index is 206. The molecule has 0 heterocycles. The van der Waals surface area contributed by atoms with Crippen molar-refractivity contribution >= 4 is 61.1 Å². The maximum Gasteiger partial charge on any atom is 0.237 e. The van der Waals surface area contributed by atoms with Gasteiger partial charge in [0.2, 0.25) is 14.7 Å². The molecule has 9 heteroatoms. The molecule has 0 N–H and O–H groups in total. The second-order valence-electron chi connectivity index (χ2n) is 2.19. The quantitative estimate of drug-likeness (QED) is 0.541. The Morgan fingerprint density at radius 3 is 1.15 bits per heavy atom. The predicted molar refractivity (Wildman–Crippen MR) is 59.2 cm³/mol. The molecule has 0 aliphatic heterocycles. The minimum absolute atomic E-state index is 0.297. The largest absolute Gasteiger partial charge is 0.290 e. The van der Waals surface area contributed by atoms with E-state index in [4.69, 9.17) is 50.7 Å². The summed E-state index contributed by atoms with van der Waals surface area (Å²) < 4.78 is 27.8. The van der Waals surface area contributed by atoms with Crippen LogP contribution in [0.4, 0.5) is 0 Å². The normalized spacial score (nSPS) is 13.2. The number of hydrogen-bond acceptors (Lipinski definition) is 3. The van der Waals surface area contributed by atoms with Crippen molar-refractivity contribution in [3.63, 3.8) is 0 Å². The van der Waals surface area contributed by atoms with Gasteiger partial charge in [0.15, 0.2) is 0 Å². The van der Waals surface area contributed by atoms with Crippen LogP contribution in [0.15, 0.2) is 0 Å². The summed E-state index contributed by atoms with van der Waals surface area (Å²) in [5.74, 6) is 0. The Balaban J connectivity index is 4.57. The van der Waals surface area contributed by atoms with Crippen LogP contribution in [0, 0.1) is 0 Å². The van der Waals surface area contributed by atoms with Crippen LogP contribution in [0.2, 0.25) is 0 Å². The van der Waals surface area contributed by atoms with Gasteiger partial charge in [-0.15, -0.1) is 46.4 Å². The average Bonchev–Trinajstić information content (AvgIpc) is 2.17. The molecule has 0 aliphatic carbocycles. The van der Waals surface area contributed by atoms with Crippen LogP contribution in [0.5, 0.6) is 0 Å². The fraction of sp³-hybridized carbons (Fsp3) is 1.00. The monoisotopic (exact) mass is 306 g/mol. The van der Waals surface area contributed by atoms with Crippen molar-refractivity contribution in [1.29, 1.82) is 0 Å². The fourth-order valence-corrected chi connectivity index (χ4v) is 6.52. The van der Waals surface area contributed by atoms with Crippen molar-refractivity contribution in [2.45, 2.75) is 0 Å². The molecule has 0 saturated heterocycles. The molecule has 80 valence electrons. The van der Waals surface area contributed by atoms with E-state index in [0.29, 0.717) is 0 Å². The first-order chi connectivity index (χ1) is 5.95. The lowest BCUT2D eigenvalue weighted by molar-refractivity contribution is 0.469. The first-order valence-electron chi connectivity index (χ1n) is 3.06. The Kier molecular flexibility index (Phi) is 6.98. The molecule has 0 aromatic carbocycles. The van der Waals surface area contributed by atoms with Crippen molar-refractivity contribution in [2.75, 3.05) is 22.5 Å². The zero-order valence-electron chi connectivity index (χ0n) is 6.46. The second-order valence-corrected chi connectivity index (χ2v) is 9.92. The predicted octanol–water partition coefficient (Wildman–Crippen LogP) is 4.34. The number of rotatable bonds is 6. The molecular formula is C4H8Cl4O3P2. The molecule has 0 spiro atoms. The molecule has 0 amide bonds. The van der Waals surface area contributed by atoms with Gasteiger partial charge < -0.3 is 0 Å². The lowest BCUT2D eigenvalue weighted by atomic mass is 11.9. The summed E-state index contributed by atoms with van der Waals surface area (Å²) >= 11 is 21.4. The molecule has 0 bridgehead atoms. The fourth-order valence-electron chi connectivity index (χ4n) is 0.422. The van der Waals surface area contributed by atoms with Gasteiger partial charge in [-0.05, 0) is 0 Å². The van der Waals surface area contributed by atoms with Gasteiger partial charge >= 0.3 is 0 Å². The average molecular weight is 308 g/mol. The summed E-state index contributed by atoms with van der Waals surface area (Å²) in [5, 5.41) is 0. The van der Waals surface area contributed by atoms with Crippen LogP contribution in [0.1, 0.15) is 0 Å². The van der Waals surface area contributed by atoms with E-state index in [1.807, 2.05) is 0 Å². The van der Waals surface area contributed by atoms with Crippen LogP contribution in [0.25, 0.3) is 0 Å². The topological polar surface area (TPSA) is 43.4 Å². The second kappa shape index (κ2) is 6.23. The van der Waals surface area contributed by atoms with Crippen molar-refractivity contribution in [1.82, 2.24) is 0 Å². The van der Waals surface area contributed by atoms with E-state index in [9.17, 15) is 9.13 Å². The number of halogens is 4. The van der Waals surface area contributed by atoms with Gasteiger partial charge in [0.1, 0.15) is 22.5 Å². The summed E-state index contributed by atoms with van der Waals surface area (Å²) in [6.07, 6.45) is 0. The minimum Gasteiger partial charge on any atom is -0.290 e. The van der Waals surface area contributed by atoms with E-state index in [0.717, 1.165) is 0 Å². The van der Waals surface area contributed by atoms with Gasteiger partial charge in [0.05, 0.1) is 0 Å². The zero-order chi connectivity index (χ0) is 10.5. The maximum absolute atomic E-state index is 11.5. The summed E-state index contributed by atoms with van der Waals surface area (Å²) in [6, 6.07) is 0. The number of hydrogen-bond donors (Lipinski definition) is 0. The molecule has 0 aromatic heterocycles. The van der Waals surface area contributed by atoms with E-state index < -0.39 is 14.7 Å². The molecule has 0 aliphatic rings. The third-order valence-corrected chi connectivity index (χ3v) is 9.23. The molecule has 0 unspecified atom stereocenters. The Hall–Kier alpha value is 1.58. The minimum atomic E-state index is -3.24. The summed E-state index contributed by atoms with van der Waals surface area (Å²) in [7, 11) is -6.47. The van der Waals surface area contributed by atoms with Crippen molar-refractivity contribution < 1.29 is 13.4 Å². The third-order valence-electron chi connectivity index (χ3n) is 1.03. The number of alkyl halides is 4. The van der Waals surface area contributed by atoms with Crippen LogP contribution >= 0.6 is 61.1 Å². The molecular weight excluding hydrogens is 300 g/mol. The standard InChI is InChI=1S/C4H8Cl4O3P2/c5-1-12(9,2-6)11-13(10,3-7)4-8/h1-4H2. The first-order valence-corrected chi connectivity index (χ1v) is 9.19. The van der Waals surface area contributed by atoms with Crippen LogP contribution < -0.4 is 0 Å². The highest BCUT2D eigenvalue weighted by Gasteiger charge is 2.32. The molecule has 0 rings (SSSR count). The van der Waals surface area contributed by atoms with Gasteiger partial charge in [-0.2, -0.15) is 0 Å². The van der Waals surface area contributed by atoms with Gasteiger partial charge in [0.25, 0.3) is 0 Å². The zero-order valence-corrected chi connectivity index (χ0v) is 11.3. The summed E-state index contributed by atoms with van der Waals surface area (Å²) in [4.78, 5) is 0. The van der Waals surface area contributed by atoms with E-state index in [1.165, 1.54) is 0 Å². The van der Waals surface area contributed by atoms with Gasteiger partial charge in [-0.3, -0.25) is 13.4 Å². The Morgan fingerprint density at radius 1 is 0.769 bits per heavy atom. The molecule has 0 fully saturated rings. The van der Waals surface area contributed by atoms with Crippen molar-refractivity contribution in [3.8, 4) is 0 Å². The lowest BCUT2D eigenvalue weighted by Crippen LogP contribution is -1.94. The molecule has 0 aromatic rings. The Morgan fingerprint density at radius 2 is 1.00 bits per heavy atom. The van der Waals surface area contributed by atoms with E-state index in [-0.39, 0.29) is 22.5 Å². The lowest BCUT2D eigenvalue weighted by Gasteiger charge is -2.18. The van der Waals surface area contributed by atoms with E-state index in [2.05, 4.69) is 0 Å². The SMILES string of the molecule is O=P(CCl)(CCl)OP(=O)(CCl)CCl. The molecule has 0 saturated carbocycles. The van der Waals surface area contributed by atoms with Gasteiger partial charge in [0, 0.05) is 0 Å². The highest BCUT2D eigenvalue weighted by Crippen LogP contribution is 2.65. The smallest absolute Gasteiger partial charge is 0.237 e. The third kappa shape index (κ3) is 4.75. The van der Waals surface area contributed by atoms with Crippen molar-refractivity contribution in [2.24, 2.45) is 0 Å². The van der Waals surface area contributed by atoms with Crippen LogP contribution in [-0.2, 0) is 13.4 Å². The molecule has 0 radical (unpaired) electrons. The van der Waals surface area contributed by atoms with Crippen LogP contribution in [-0.4, -0.2) is 22.5 Å². The van der Waals surface area contributed by atoms with E-state index in [1.54, 1.807) is 0 Å². The highest BCUT2D eigenvalue weighted by molar-refractivity contribution is 7.74. The summed E-state index contributed by atoms with van der Waals surface area (Å²) in [5.41, 5.74) is -1.19. The van der Waals surface area contributed by atoms with Gasteiger partial charge in [-0.25, -0.2) is 0 Å². The van der Waals surface area contributed by atoms with Gasteiger partial charge in [-0.1, -0.05) is 0 Å². The molecule has 3 nitrogen and oxygen atoms in total. The maximum atomic E-state index is 11.5. The summed E-state index contributed by atoms with van der Waals surface area (Å²) in [6.45, 7) is 0.